The van der Waals surface area contributed by atoms with E-state index in [-0.39, 0.29) is 21.5 Å². The summed E-state index contributed by atoms with van der Waals surface area (Å²) >= 11 is 0.991. The first-order valence-corrected chi connectivity index (χ1v) is 8.91. The van der Waals surface area contributed by atoms with Gasteiger partial charge in [-0.1, -0.05) is 0 Å². The van der Waals surface area contributed by atoms with Gasteiger partial charge >= 0.3 is 5.97 Å². The van der Waals surface area contributed by atoms with Crippen LogP contribution in [0.5, 0.6) is 0 Å². The monoisotopic (exact) mass is 335 g/mol. The molecule has 1 unspecified atom stereocenters. The molecule has 7 nitrogen and oxygen atoms in total. The lowest BCUT2D eigenvalue weighted by Gasteiger charge is -2.20. The number of methoxy groups -OCH3 is 1. The van der Waals surface area contributed by atoms with E-state index in [9.17, 15) is 13.2 Å². The zero-order valence-corrected chi connectivity index (χ0v) is 14.4. The number of rotatable bonds is 6. The Hall–Kier alpha value is -1.32. The standard InChI is InChI=1S/C12H21N3O4S2/c1-7(15(2)3)6-14-11-10(21(5,17)18)8(13)9(20-11)12(16)19-4/h7,14H,6,13H2,1-5H3. The lowest BCUT2D eigenvalue weighted by atomic mass is 10.3. The quantitative estimate of drug-likeness (QED) is 0.744. The Morgan fingerprint density at radius 3 is 2.48 bits per heavy atom. The van der Waals surface area contributed by atoms with Crippen molar-refractivity contribution in [1.29, 1.82) is 0 Å². The second-order valence-corrected chi connectivity index (χ2v) is 7.93. The highest BCUT2D eigenvalue weighted by atomic mass is 32.2. The fourth-order valence-corrected chi connectivity index (χ4v) is 4.08. The molecular weight excluding hydrogens is 314 g/mol. The van der Waals surface area contributed by atoms with Gasteiger partial charge in [-0.3, -0.25) is 0 Å². The molecule has 0 saturated carbocycles. The summed E-state index contributed by atoms with van der Waals surface area (Å²) in [5.41, 5.74) is 5.75. The van der Waals surface area contributed by atoms with Gasteiger partial charge in [-0.05, 0) is 21.0 Å². The number of esters is 1. The fraction of sp³-hybridized carbons (Fsp3) is 0.583. The van der Waals surface area contributed by atoms with Crippen LogP contribution in [0.4, 0.5) is 10.7 Å². The maximum Gasteiger partial charge on any atom is 0.350 e. The predicted octanol–water partition coefficient (Wildman–Crippen LogP) is 0.882. The molecule has 0 aromatic carbocycles. The van der Waals surface area contributed by atoms with Crippen LogP contribution in [0.2, 0.25) is 0 Å². The van der Waals surface area contributed by atoms with Crippen molar-refractivity contribution < 1.29 is 17.9 Å². The van der Waals surface area contributed by atoms with Crippen molar-refractivity contribution in [3.05, 3.63) is 4.88 Å². The minimum atomic E-state index is -3.55. The Bertz CT molecular complexity index is 623. The van der Waals surface area contributed by atoms with Crippen LogP contribution in [0, 0.1) is 0 Å². The van der Waals surface area contributed by atoms with Gasteiger partial charge in [-0.15, -0.1) is 11.3 Å². The third kappa shape index (κ3) is 4.08. The second-order valence-electron chi connectivity index (χ2n) is 4.96. The molecule has 9 heteroatoms. The molecule has 0 aliphatic heterocycles. The molecule has 120 valence electrons. The Labute approximate surface area is 129 Å². The highest BCUT2D eigenvalue weighted by Gasteiger charge is 2.27. The molecule has 3 N–H and O–H groups in total. The molecule has 21 heavy (non-hydrogen) atoms. The molecule has 0 spiro atoms. The van der Waals surface area contributed by atoms with E-state index in [2.05, 4.69) is 10.1 Å². The van der Waals surface area contributed by atoms with E-state index < -0.39 is 15.8 Å². The lowest BCUT2D eigenvalue weighted by molar-refractivity contribution is 0.0607. The molecule has 0 aliphatic rings. The summed E-state index contributed by atoms with van der Waals surface area (Å²) < 4.78 is 28.4. The first-order chi connectivity index (χ1) is 9.59. The lowest BCUT2D eigenvalue weighted by Crippen LogP contribution is -2.31. The van der Waals surface area contributed by atoms with Crippen molar-refractivity contribution in [3.8, 4) is 0 Å². The molecule has 1 rings (SSSR count). The normalized spacial score (nSPS) is 13.2. The van der Waals surface area contributed by atoms with Crippen LogP contribution in [0.25, 0.3) is 0 Å². The van der Waals surface area contributed by atoms with Gasteiger partial charge in [-0.25, -0.2) is 13.2 Å². The van der Waals surface area contributed by atoms with E-state index in [0.717, 1.165) is 17.6 Å². The molecule has 0 bridgehead atoms. The van der Waals surface area contributed by atoms with Crippen LogP contribution in [-0.4, -0.2) is 59.3 Å². The van der Waals surface area contributed by atoms with E-state index in [0.29, 0.717) is 11.5 Å². The minimum absolute atomic E-state index is 0.0427. The van der Waals surface area contributed by atoms with Gasteiger partial charge < -0.3 is 20.7 Å². The summed E-state index contributed by atoms with van der Waals surface area (Å²) in [7, 11) is 1.52. The van der Waals surface area contributed by atoms with Crippen LogP contribution in [0.1, 0.15) is 16.6 Å². The van der Waals surface area contributed by atoms with Crippen LogP contribution in [0.3, 0.4) is 0 Å². The van der Waals surface area contributed by atoms with E-state index in [4.69, 9.17) is 5.73 Å². The summed E-state index contributed by atoms with van der Waals surface area (Å²) in [5.74, 6) is -0.642. The number of thiophene rings is 1. The number of nitrogens with two attached hydrogens (primary N) is 1. The second kappa shape index (κ2) is 6.63. The van der Waals surface area contributed by atoms with Crippen molar-refractivity contribution >= 4 is 37.8 Å². The average Bonchev–Trinajstić information content (AvgIpc) is 2.71. The maximum atomic E-state index is 11.9. The molecule has 1 aromatic heterocycles. The highest BCUT2D eigenvalue weighted by molar-refractivity contribution is 7.91. The molecule has 0 amide bonds. The van der Waals surface area contributed by atoms with E-state index in [1.165, 1.54) is 7.11 Å². The summed E-state index contributed by atoms with van der Waals surface area (Å²) in [5, 5.41) is 3.42. The van der Waals surface area contributed by atoms with Gasteiger partial charge in [0.2, 0.25) is 0 Å². The van der Waals surface area contributed by atoms with Crippen LogP contribution < -0.4 is 11.1 Å². The van der Waals surface area contributed by atoms with Crippen molar-refractivity contribution in [2.45, 2.75) is 17.9 Å². The number of nitrogens with one attached hydrogen (secondary N) is 1. The van der Waals surface area contributed by atoms with Crippen molar-refractivity contribution in [2.75, 3.05) is 45.1 Å². The Morgan fingerprint density at radius 1 is 1.48 bits per heavy atom. The van der Waals surface area contributed by atoms with E-state index in [1.807, 2.05) is 25.9 Å². The maximum absolute atomic E-state index is 11.9. The minimum Gasteiger partial charge on any atom is -0.465 e. The van der Waals surface area contributed by atoms with Gasteiger partial charge in [0, 0.05) is 18.8 Å². The Kier molecular flexibility index (Phi) is 5.60. The molecule has 0 saturated heterocycles. The SMILES string of the molecule is COC(=O)c1sc(NCC(C)N(C)C)c(S(C)(=O)=O)c1N. The number of nitrogens with zero attached hydrogens (tertiary/aromatic N) is 1. The number of ether oxygens (including phenoxy) is 1. The number of hydrogen-bond acceptors (Lipinski definition) is 8. The molecule has 0 aliphatic carbocycles. The third-order valence-electron chi connectivity index (χ3n) is 3.08. The first kappa shape index (κ1) is 17.7. The summed E-state index contributed by atoms with van der Waals surface area (Å²) in [6.45, 7) is 2.52. The van der Waals surface area contributed by atoms with Gasteiger partial charge in [0.15, 0.2) is 9.84 Å². The first-order valence-electron chi connectivity index (χ1n) is 6.20. The number of hydrogen-bond donors (Lipinski definition) is 2. The third-order valence-corrected chi connectivity index (χ3v) is 5.52. The number of sulfone groups is 1. The molecule has 1 aromatic rings. The van der Waals surface area contributed by atoms with Crippen LogP contribution >= 0.6 is 11.3 Å². The van der Waals surface area contributed by atoms with Crippen LogP contribution in [-0.2, 0) is 14.6 Å². The fourth-order valence-electron chi connectivity index (χ4n) is 1.58. The average molecular weight is 335 g/mol. The van der Waals surface area contributed by atoms with E-state index in [1.54, 1.807) is 0 Å². The van der Waals surface area contributed by atoms with E-state index >= 15 is 0 Å². The number of likely N-dealkylation sites (N-methyl/N-ethyl adjacent to an activating group) is 1. The molecule has 0 fully saturated rings. The smallest absolute Gasteiger partial charge is 0.350 e. The molecule has 1 atom stereocenters. The zero-order chi connectivity index (χ0) is 16.4. The van der Waals surface area contributed by atoms with Crippen molar-refractivity contribution in [3.63, 3.8) is 0 Å². The van der Waals surface area contributed by atoms with Crippen LogP contribution in [0.15, 0.2) is 4.90 Å². The summed E-state index contributed by atoms with van der Waals surface area (Å²) in [6, 6.07) is 0.183. The number of carbonyl (C=O) groups excluding carboxylic acids is 1. The molecule has 0 radical (unpaired) electrons. The van der Waals surface area contributed by atoms with Crippen molar-refractivity contribution in [1.82, 2.24) is 4.90 Å². The Morgan fingerprint density at radius 2 is 2.05 bits per heavy atom. The number of nitrogen functional groups attached to an aromatic ring is 1. The summed E-state index contributed by atoms with van der Waals surface area (Å²) in [6.07, 6.45) is 1.06. The van der Waals surface area contributed by atoms with Gasteiger partial charge in [0.05, 0.1) is 12.8 Å². The van der Waals surface area contributed by atoms with Gasteiger partial charge in [0.1, 0.15) is 14.8 Å². The largest absolute Gasteiger partial charge is 0.465 e. The molecular formula is C12H21N3O4S2. The molecule has 1 heterocycles. The Balaban J connectivity index is 3.21. The highest BCUT2D eigenvalue weighted by Crippen LogP contribution is 2.39. The van der Waals surface area contributed by atoms with Crippen molar-refractivity contribution in [2.24, 2.45) is 0 Å². The van der Waals surface area contributed by atoms with Gasteiger partial charge in [-0.2, -0.15) is 0 Å². The summed E-state index contributed by atoms with van der Waals surface area (Å²) in [4.78, 5) is 13.7. The number of carbonyl (C=O) groups is 1. The predicted molar refractivity (Wildman–Crippen MR) is 84.8 cm³/mol. The topological polar surface area (TPSA) is 102 Å². The van der Waals surface area contributed by atoms with Gasteiger partial charge in [0.25, 0.3) is 0 Å². The zero-order valence-electron chi connectivity index (χ0n) is 12.8. The number of anilines is 2.